The van der Waals surface area contributed by atoms with Crippen LogP contribution in [0.15, 0.2) is 12.1 Å². The Kier molecular flexibility index (Phi) is 6.73. The zero-order valence-corrected chi connectivity index (χ0v) is 16.2. The van der Waals surface area contributed by atoms with Gasteiger partial charge in [-0.3, -0.25) is 9.69 Å². The molecule has 1 radical (unpaired) electrons. The van der Waals surface area contributed by atoms with Crippen LogP contribution in [0, 0.1) is 6.42 Å². The van der Waals surface area contributed by atoms with Crippen molar-refractivity contribution in [2.45, 2.75) is 31.5 Å². The molecule has 0 spiro atoms. The predicted molar refractivity (Wildman–Crippen MR) is 101 cm³/mol. The number of hydrogen-bond donors (Lipinski definition) is 1. The number of morpholine rings is 1. The first kappa shape index (κ1) is 21.2. The van der Waals surface area contributed by atoms with Crippen molar-refractivity contribution in [3.63, 3.8) is 0 Å². The van der Waals surface area contributed by atoms with E-state index in [-0.39, 0.29) is 17.4 Å². The number of nitrogens with two attached hydrogens (primary N) is 1. The van der Waals surface area contributed by atoms with Gasteiger partial charge in [-0.2, -0.15) is 13.2 Å². The van der Waals surface area contributed by atoms with E-state index in [0.29, 0.717) is 24.7 Å². The number of likely N-dealkylation sites (tertiary alicyclic amines) is 1. The largest absolute Gasteiger partial charge is 0.418 e. The van der Waals surface area contributed by atoms with Crippen LogP contribution in [0.5, 0.6) is 0 Å². The molecule has 0 saturated carbocycles. The molecule has 2 N–H and O–H groups in total. The lowest BCUT2D eigenvalue weighted by atomic mass is 10.0. The highest BCUT2D eigenvalue weighted by atomic mass is 35.5. The molecule has 28 heavy (non-hydrogen) atoms. The van der Waals surface area contributed by atoms with Crippen LogP contribution in [0.25, 0.3) is 0 Å². The average molecular weight is 419 g/mol. The second kappa shape index (κ2) is 8.88. The van der Waals surface area contributed by atoms with Gasteiger partial charge in [-0.1, -0.05) is 11.6 Å². The number of hydrogen-bond acceptors (Lipinski definition) is 4. The summed E-state index contributed by atoms with van der Waals surface area (Å²) in [4.78, 5) is 16.6. The number of carbonyl (C=O) groups excluding carboxylic acids is 1. The van der Waals surface area contributed by atoms with Crippen LogP contribution in [-0.4, -0.2) is 61.1 Å². The summed E-state index contributed by atoms with van der Waals surface area (Å²) < 4.78 is 44.5. The van der Waals surface area contributed by atoms with Gasteiger partial charge >= 0.3 is 6.18 Å². The molecule has 2 heterocycles. The molecule has 1 aromatic carbocycles. The third kappa shape index (κ3) is 5.10. The molecule has 3 rings (SSSR count). The van der Waals surface area contributed by atoms with E-state index in [1.165, 1.54) is 12.5 Å². The highest BCUT2D eigenvalue weighted by Gasteiger charge is 2.34. The number of carbonyl (C=O) groups is 1. The number of amides is 1. The van der Waals surface area contributed by atoms with E-state index in [0.717, 1.165) is 45.2 Å². The van der Waals surface area contributed by atoms with E-state index < -0.39 is 17.4 Å². The number of piperidine rings is 1. The van der Waals surface area contributed by atoms with Gasteiger partial charge in [0.2, 0.25) is 5.91 Å². The number of alkyl halides is 3. The Morgan fingerprint density at radius 3 is 2.46 bits per heavy atom. The van der Waals surface area contributed by atoms with Gasteiger partial charge < -0.3 is 15.4 Å². The molecular weight excluding hydrogens is 395 g/mol. The summed E-state index contributed by atoms with van der Waals surface area (Å²) in [7, 11) is 0. The van der Waals surface area contributed by atoms with E-state index >= 15 is 0 Å². The van der Waals surface area contributed by atoms with Gasteiger partial charge in [-0.05, 0) is 37.0 Å². The number of halogens is 4. The van der Waals surface area contributed by atoms with Crippen LogP contribution in [-0.2, 0) is 22.1 Å². The van der Waals surface area contributed by atoms with Gasteiger partial charge in [0.1, 0.15) is 0 Å². The SMILES string of the molecule is Nc1c(Cl)cc(C[CH]C(=O)N2CCC(N3CCOCC3)CC2)cc1C(F)(F)F. The fourth-order valence-corrected chi connectivity index (χ4v) is 4.00. The van der Waals surface area contributed by atoms with Crippen LogP contribution in [0.2, 0.25) is 5.02 Å². The van der Waals surface area contributed by atoms with Gasteiger partial charge in [0.15, 0.2) is 0 Å². The number of anilines is 1. The van der Waals surface area contributed by atoms with Gasteiger partial charge in [0.25, 0.3) is 0 Å². The molecule has 0 bridgehead atoms. The topological polar surface area (TPSA) is 58.8 Å². The smallest absolute Gasteiger partial charge is 0.397 e. The summed E-state index contributed by atoms with van der Waals surface area (Å²) in [6.45, 7) is 4.63. The van der Waals surface area contributed by atoms with Crippen molar-refractivity contribution in [1.82, 2.24) is 9.80 Å². The van der Waals surface area contributed by atoms with E-state index in [1.54, 1.807) is 4.90 Å². The Balaban J connectivity index is 1.53. The van der Waals surface area contributed by atoms with Crippen LogP contribution in [0.4, 0.5) is 18.9 Å². The molecule has 0 aromatic heterocycles. The molecule has 1 amide bonds. The third-order valence-electron chi connectivity index (χ3n) is 5.35. The maximum Gasteiger partial charge on any atom is 0.418 e. The van der Waals surface area contributed by atoms with Crippen LogP contribution in [0.1, 0.15) is 24.0 Å². The quantitative estimate of drug-likeness (QED) is 0.764. The maximum atomic E-state index is 13.1. The van der Waals surface area contributed by atoms with Crippen LogP contribution < -0.4 is 5.73 Å². The van der Waals surface area contributed by atoms with E-state index in [2.05, 4.69) is 4.90 Å². The van der Waals surface area contributed by atoms with Crippen LogP contribution in [0.3, 0.4) is 0 Å². The lowest BCUT2D eigenvalue weighted by Gasteiger charge is -2.40. The first-order valence-electron chi connectivity index (χ1n) is 9.34. The Hall–Kier alpha value is -1.51. The standard InChI is InChI=1S/C19H24ClF3N3O2/c20-16-12-13(11-15(18(16)24)19(21,22)23)1-2-17(27)26-5-3-14(4-6-26)25-7-9-28-10-8-25/h2,11-12,14H,1,3-10,24H2. The summed E-state index contributed by atoms with van der Waals surface area (Å²) in [5.74, 6) is -0.165. The molecule has 2 aliphatic heterocycles. The highest BCUT2D eigenvalue weighted by molar-refractivity contribution is 6.33. The van der Waals surface area contributed by atoms with Gasteiger partial charge in [0, 0.05) is 32.2 Å². The Labute approximate surface area is 167 Å². The zero-order valence-electron chi connectivity index (χ0n) is 15.5. The summed E-state index contributed by atoms with van der Waals surface area (Å²) in [5.41, 5.74) is 4.28. The molecule has 155 valence electrons. The highest BCUT2D eigenvalue weighted by Crippen LogP contribution is 2.38. The van der Waals surface area contributed by atoms with E-state index in [9.17, 15) is 18.0 Å². The lowest BCUT2D eigenvalue weighted by Crippen LogP contribution is -2.50. The van der Waals surface area contributed by atoms with Crippen molar-refractivity contribution in [2.75, 3.05) is 45.1 Å². The molecule has 2 fully saturated rings. The first-order chi connectivity index (χ1) is 13.3. The monoisotopic (exact) mass is 418 g/mol. The summed E-state index contributed by atoms with van der Waals surface area (Å²) in [6, 6.07) is 2.79. The number of nitrogens with zero attached hydrogens (tertiary/aromatic N) is 2. The molecule has 9 heteroatoms. The van der Waals surface area contributed by atoms with E-state index in [1.807, 2.05) is 0 Å². The minimum Gasteiger partial charge on any atom is -0.397 e. The number of rotatable bonds is 4. The fraction of sp³-hybridized carbons (Fsp3) is 0.579. The second-order valence-corrected chi connectivity index (χ2v) is 7.56. The fourth-order valence-electron chi connectivity index (χ4n) is 3.75. The zero-order chi connectivity index (χ0) is 20.3. The van der Waals surface area contributed by atoms with Crippen molar-refractivity contribution in [2.24, 2.45) is 0 Å². The van der Waals surface area contributed by atoms with Crippen molar-refractivity contribution >= 4 is 23.2 Å². The number of ether oxygens (including phenoxy) is 1. The average Bonchev–Trinajstić information content (AvgIpc) is 2.68. The van der Waals surface area contributed by atoms with Crippen LogP contribution >= 0.6 is 11.6 Å². The normalized spacial score (nSPS) is 19.8. The van der Waals surface area contributed by atoms with Gasteiger partial charge in [-0.25, -0.2) is 0 Å². The predicted octanol–water partition coefficient (Wildman–Crippen LogP) is 3.01. The summed E-state index contributed by atoms with van der Waals surface area (Å²) in [6.07, 6.45) is -1.31. The molecule has 2 saturated heterocycles. The summed E-state index contributed by atoms with van der Waals surface area (Å²) >= 11 is 5.83. The molecule has 0 aliphatic carbocycles. The Bertz CT molecular complexity index is 700. The number of nitrogen functional groups attached to an aromatic ring is 1. The van der Waals surface area contributed by atoms with Crippen molar-refractivity contribution in [3.05, 3.63) is 34.7 Å². The first-order valence-corrected chi connectivity index (χ1v) is 9.72. The molecule has 2 aliphatic rings. The molecule has 1 aromatic rings. The molecule has 5 nitrogen and oxygen atoms in total. The van der Waals surface area contributed by atoms with E-state index in [4.69, 9.17) is 22.1 Å². The van der Waals surface area contributed by atoms with Crippen molar-refractivity contribution in [3.8, 4) is 0 Å². The Morgan fingerprint density at radius 1 is 1.21 bits per heavy atom. The van der Waals surface area contributed by atoms with Crippen molar-refractivity contribution in [1.29, 1.82) is 0 Å². The third-order valence-corrected chi connectivity index (χ3v) is 5.66. The van der Waals surface area contributed by atoms with Gasteiger partial charge in [0.05, 0.1) is 35.9 Å². The van der Waals surface area contributed by atoms with Crippen molar-refractivity contribution < 1.29 is 22.7 Å². The Morgan fingerprint density at radius 2 is 1.86 bits per heavy atom. The second-order valence-electron chi connectivity index (χ2n) is 7.15. The molecular formula is C19H24ClF3N3O2. The molecule has 0 atom stereocenters. The maximum absolute atomic E-state index is 13.1. The minimum atomic E-state index is -4.59. The minimum absolute atomic E-state index is 0.0747. The molecule has 0 unspecified atom stereocenters. The lowest BCUT2D eigenvalue weighted by molar-refractivity contribution is -0.137. The summed E-state index contributed by atoms with van der Waals surface area (Å²) in [5, 5.41) is -0.156. The van der Waals surface area contributed by atoms with Gasteiger partial charge in [-0.15, -0.1) is 0 Å². The number of benzene rings is 1.